The van der Waals surface area contributed by atoms with Gasteiger partial charge in [0.1, 0.15) is 11.8 Å². The van der Waals surface area contributed by atoms with Crippen LogP contribution < -0.4 is 5.73 Å². The topological polar surface area (TPSA) is 83.5 Å². The average Bonchev–Trinajstić information content (AvgIpc) is 2.42. The summed E-state index contributed by atoms with van der Waals surface area (Å²) in [5, 5.41) is 17.5. The van der Waals surface area contributed by atoms with Gasteiger partial charge in [0.25, 0.3) is 0 Å². The summed E-state index contributed by atoms with van der Waals surface area (Å²) in [6, 6.07) is 5.42. The molecule has 0 aliphatic rings. The summed E-state index contributed by atoms with van der Waals surface area (Å²) in [7, 11) is 4.47. The third-order valence-electron chi connectivity index (χ3n) is 3.42. The van der Waals surface area contributed by atoms with Crippen molar-refractivity contribution in [2.75, 3.05) is 27.2 Å². The van der Waals surface area contributed by atoms with Crippen LogP contribution >= 0.6 is 0 Å². The first kappa shape index (κ1) is 18.4. The zero-order valence-electron chi connectivity index (χ0n) is 12.8. The van der Waals surface area contributed by atoms with Crippen molar-refractivity contribution >= 4 is 5.97 Å². The van der Waals surface area contributed by atoms with Crippen LogP contribution in [0.2, 0.25) is 0 Å². The van der Waals surface area contributed by atoms with Gasteiger partial charge in [-0.25, -0.2) is 0 Å². The number of quaternary nitrogens is 1. The number of aromatic hydroxyl groups is 1. The quantitative estimate of drug-likeness (QED) is 0.714. The zero-order valence-corrected chi connectivity index (χ0v) is 12.8. The van der Waals surface area contributed by atoms with E-state index in [2.05, 4.69) is 27.9 Å². The lowest BCUT2D eigenvalue weighted by molar-refractivity contribution is -0.886. The van der Waals surface area contributed by atoms with Gasteiger partial charge < -0.3 is 20.4 Å². The number of nitrogens with two attached hydrogens (primary N) is 1. The van der Waals surface area contributed by atoms with Gasteiger partial charge in [-0.1, -0.05) is 12.1 Å². The number of aliphatic carboxylic acids is 1. The lowest BCUT2D eigenvalue weighted by Crippen LogP contribution is -2.38. The van der Waals surface area contributed by atoms with Crippen molar-refractivity contribution in [1.29, 1.82) is 0 Å². The second-order valence-corrected chi connectivity index (χ2v) is 5.38. The van der Waals surface area contributed by atoms with E-state index in [1.54, 1.807) is 12.1 Å². The van der Waals surface area contributed by atoms with Crippen LogP contribution in [0.4, 0.5) is 0 Å². The maximum absolute atomic E-state index is 10.4. The van der Waals surface area contributed by atoms with Crippen LogP contribution in [0.25, 0.3) is 0 Å². The van der Waals surface area contributed by atoms with Gasteiger partial charge in [0.15, 0.2) is 0 Å². The lowest BCUT2D eigenvalue weighted by atomic mass is 10.1. The molecule has 0 aliphatic heterocycles. The molecule has 0 bridgehead atoms. The highest BCUT2D eigenvalue weighted by Crippen LogP contribution is 2.10. The third-order valence-corrected chi connectivity index (χ3v) is 3.42. The molecule has 0 aliphatic carbocycles. The molecular formula is C15H27N2O3+. The molecule has 5 heteroatoms. The van der Waals surface area contributed by atoms with E-state index in [0.29, 0.717) is 0 Å². The van der Waals surface area contributed by atoms with Gasteiger partial charge in [-0.3, -0.25) is 4.79 Å². The van der Waals surface area contributed by atoms with E-state index in [4.69, 9.17) is 15.9 Å². The van der Waals surface area contributed by atoms with Crippen molar-refractivity contribution in [1.82, 2.24) is 0 Å². The zero-order chi connectivity index (χ0) is 15.8. The van der Waals surface area contributed by atoms with Crippen molar-refractivity contribution in [3.63, 3.8) is 0 Å². The summed E-state index contributed by atoms with van der Waals surface area (Å²) in [4.78, 5) is 10.4. The minimum atomic E-state index is -1.02. The molecule has 114 valence electrons. The van der Waals surface area contributed by atoms with Crippen molar-refractivity contribution in [3.05, 3.63) is 29.8 Å². The van der Waals surface area contributed by atoms with Crippen molar-refractivity contribution in [3.8, 4) is 5.75 Å². The third kappa shape index (κ3) is 7.76. The van der Waals surface area contributed by atoms with Gasteiger partial charge >= 0.3 is 5.97 Å². The maximum atomic E-state index is 10.4. The van der Waals surface area contributed by atoms with Gasteiger partial charge in [-0.05, 0) is 38.0 Å². The van der Waals surface area contributed by atoms with Gasteiger partial charge in [0, 0.05) is 0 Å². The van der Waals surface area contributed by atoms with Crippen molar-refractivity contribution < 1.29 is 19.5 Å². The van der Waals surface area contributed by atoms with Gasteiger partial charge in [-0.15, -0.1) is 0 Å². The molecule has 0 fully saturated rings. The first-order valence-corrected chi connectivity index (χ1v) is 6.80. The molecular weight excluding hydrogens is 256 g/mol. The van der Waals surface area contributed by atoms with Crippen LogP contribution in [0.5, 0.6) is 5.75 Å². The Hall–Kier alpha value is -1.59. The first-order chi connectivity index (χ1) is 9.21. The number of carboxylic acids is 1. The van der Waals surface area contributed by atoms with E-state index in [1.807, 2.05) is 0 Å². The molecule has 0 saturated carbocycles. The molecule has 0 saturated heterocycles. The van der Waals surface area contributed by atoms with E-state index in [0.717, 1.165) is 10.0 Å². The van der Waals surface area contributed by atoms with E-state index in [1.165, 1.54) is 25.2 Å². The minimum absolute atomic E-state index is 0.160. The molecule has 0 amide bonds. The Kier molecular flexibility index (Phi) is 7.87. The summed E-state index contributed by atoms with van der Waals surface area (Å²) < 4.78 is 1.14. The van der Waals surface area contributed by atoms with E-state index >= 15 is 0 Å². The normalized spacial score (nSPS) is 12.2. The number of hydrogen-bond acceptors (Lipinski definition) is 3. The SMILES string of the molecule is CC[N+](C)(C)CC.NC(Cc1ccc(O)cc1)C(=O)O. The Morgan fingerprint density at radius 2 is 1.65 bits per heavy atom. The molecule has 5 nitrogen and oxygen atoms in total. The number of rotatable bonds is 5. The van der Waals surface area contributed by atoms with Crippen molar-refractivity contribution in [2.45, 2.75) is 26.3 Å². The second kappa shape index (κ2) is 8.55. The van der Waals surface area contributed by atoms with E-state index < -0.39 is 12.0 Å². The summed E-state index contributed by atoms with van der Waals surface area (Å²) in [6.07, 6.45) is 0.273. The van der Waals surface area contributed by atoms with Crippen LogP contribution in [0, 0.1) is 0 Å². The first-order valence-electron chi connectivity index (χ1n) is 6.80. The van der Waals surface area contributed by atoms with E-state index in [9.17, 15) is 4.79 Å². The number of nitrogens with zero attached hydrogens (tertiary/aromatic N) is 1. The van der Waals surface area contributed by atoms with E-state index in [-0.39, 0.29) is 12.2 Å². The molecule has 1 aromatic carbocycles. The number of phenolic OH excluding ortho intramolecular Hbond substituents is 1. The smallest absolute Gasteiger partial charge is 0.320 e. The summed E-state index contributed by atoms with van der Waals surface area (Å²) >= 11 is 0. The fourth-order valence-corrected chi connectivity index (χ4v) is 1.20. The van der Waals surface area contributed by atoms with Crippen LogP contribution in [0.1, 0.15) is 19.4 Å². The maximum Gasteiger partial charge on any atom is 0.320 e. The Morgan fingerprint density at radius 1 is 1.20 bits per heavy atom. The molecule has 0 radical (unpaired) electrons. The monoisotopic (exact) mass is 283 g/mol. The van der Waals surface area contributed by atoms with Gasteiger partial charge in [0.05, 0.1) is 27.2 Å². The molecule has 4 N–H and O–H groups in total. The fourth-order valence-electron chi connectivity index (χ4n) is 1.20. The number of phenols is 1. The van der Waals surface area contributed by atoms with Crippen molar-refractivity contribution in [2.24, 2.45) is 5.73 Å². The van der Waals surface area contributed by atoms with Gasteiger partial charge in [-0.2, -0.15) is 0 Å². The molecule has 20 heavy (non-hydrogen) atoms. The number of benzene rings is 1. The molecule has 1 aromatic rings. The second-order valence-electron chi connectivity index (χ2n) is 5.38. The van der Waals surface area contributed by atoms with Crippen LogP contribution in [0.3, 0.4) is 0 Å². The highest BCUT2D eigenvalue weighted by atomic mass is 16.4. The number of carbonyl (C=O) groups is 1. The molecule has 1 rings (SSSR count). The molecule has 1 unspecified atom stereocenters. The summed E-state index contributed by atoms with van der Waals surface area (Å²) in [5.74, 6) is -0.860. The predicted molar refractivity (Wildman–Crippen MR) is 80.6 cm³/mol. The highest BCUT2D eigenvalue weighted by molar-refractivity contribution is 5.73. The van der Waals surface area contributed by atoms with Crippen LogP contribution in [-0.2, 0) is 11.2 Å². The standard InChI is InChI=1S/C9H11NO3.C6H16N/c10-8(9(12)13)5-6-1-3-7(11)4-2-6;1-5-7(3,4)6-2/h1-4,8,11H,5,10H2,(H,12,13);5-6H2,1-4H3/q;+1. The fraction of sp³-hybridized carbons (Fsp3) is 0.533. The van der Waals surface area contributed by atoms with Gasteiger partial charge in [0.2, 0.25) is 0 Å². The molecule has 0 spiro atoms. The molecule has 1 atom stereocenters. The molecule has 0 heterocycles. The summed E-state index contributed by atoms with van der Waals surface area (Å²) in [6.45, 7) is 6.89. The Morgan fingerprint density at radius 3 is 1.95 bits per heavy atom. The van der Waals surface area contributed by atoms with Crippen LogP contribution in [0.15, 0.2) is 24.3 Å². The minimum Gasteiger partial charge on any atom is -0.508 e. The summed E-state index contributed by atoms with van der Waals surface area (Å²) in [5.41, 5.74) is 6.12. The Bertz CT molecular complexity index is 396. The van der Waals surface area contributed by atoms with Crippen LogP contribution in [-0.4, -0.2) is 53.9 Å². The predicted octanol–water partition coefficient (Wildman–Crippen LogP) is 1.45. The number of hydrogen-bond donors (Lipinski definition) is 3. The average molecular weight is 283 g/mol. The Labute approximate surface area is 121 Å². The number of carboxylic acid groups (broad SMARTS) is 1. The largest absolute Gasteiger partial charge is 0.508 e. The lowest BCUT2D eigenvalue weighted by Gasteiger charge is -2.25. The molecule has 0 aromatic heterocycles. The Balaban J connectivity index is 0.000000441. The highest BCUT2D eigenvalue weighted by Gasteiger charge is 2.11.